The monoisotopic (exact) mass is 373 g/mol. The largest absolute Gasteiger partial charge is 0.392 e. The lowest BCUT2D eigenvalue weighted by molar-refractivity contribution is 0.281. The zero-order chi connectivity index (χ0) is 15.0. The van der Waals surface area contributed by atoms with Gasteiger partial charge >= 0.3 is 0 Å². The molecule has 0 aromatic heterocycles. The van der Waals surface area contributed by atoms with Gasteiger partial charge in [-0.1, -0.05) is 6.07 Å². The van der Waals surface area contributed by atoms with Crippen molar-refractivity contribution in [2.24, 2.45) is 11.8 Å². The van der Waals surface area contributed by atoms with Crippen LogP contribution in [0.3, 0.4) is 0 Å². The van der Waals surface area contributed by atoms with Crippen LogP contribution in [0.2, 0.25) is 0 Å². The highest BCUT2D eigenvalue weighted by Gasteiger charge is 2.36. The fourth-order valence-electron chi connectivity index (χ4n) is 2.43. The summed E-state index contributed by atoms with van der Waals surface area (Å²) >= 11 is 3.34. The Kier molecular flexibility index (Phi) is 4.41. The highest BCUT2D eigenvalue weighted by Crippen LogP contribution is 2.37. The summed E-state index contributed by atoms with van der Waals surface area (Å²) in [4.78, 5) is 0.273. The van der Waals surface area contributed by atoms with Crippen LogP contribution in [0.1, 0.15) is 31.2 Å². The van der Waals surface area contributed by atoms with Crippen LogP contribution in [0.25, 0.3) is 0 Å². The predicted molar refractivity (Wildman–Crippen MR) is 84.3 cm³/mol. The van der Waals surface area contributed by atoms with E-state index in [-0.39, 0.29) is 11.5 Å². The smallest absolute Gasteiger partial charge is 0.244 e. The summed E-state index contributed by atoms with van der Waals surface area (Å²) in [5.74, 6) is 1.05. The number of aliphatic hydroxyl groups excluding tert-OH is 1. The van der Waals surface area contributed by atoms with Gasteiger partial charge in [0, 0.05) is 17.6 Å². The molecular weight excluding hydrogens is 354 g/mol. The highest BCUT2D eigenvalue weighted by molar-refractivity contribution is 9.10. The third-order valence-corrected chi connectivity index (χ3v) is 6.94. The van der Waals surface area contributed by atoms with Gasteiger partial charge in [-0.25, -0.2) is 8.42 Å². The molecule has 2 aliphatic carbocycles. The van der Waals surface area contributed by atoms with Gasteiger partial charge < -0.3 is 5.11 Å². The molecule has 2 fully saturated rings. The molecule has 0 saturated heterocycles. The van der Waals surface area contributed by atoms with Crippen LogP contribution in [0, 0.1) is 11.8 Å². The molecule has 0 heterocycles. The lowest BCUT2D eigenvalue weighted by Gasteiger charge is -2.23. The molecule has 0 unspecified atom stereocenters. The average molecular weight is 374 g/mol. The first kappa shape index (κ1) is 15.5. The first-order valence-corrected chi connectivity index (χ1v) is 9.63. The van der Waals surface area contributed by atoms with Crippen molar-refractivity contribution in [2.75, 3.05) is 13.1 Å². The normalized spacial score (nSPS) is 19.2. The van der Waals surface area contributed by atoms with Crippen LogP contribution < -0.4 is 0 Å². The van der Waals surface area contributed by atoms with Gasteiger partial charge in [-0.15, -0.1) is 0 Å². The van der Waals surface area contributed by atoms with E-state index in [0.29, 0.717) is 35.0 Å². The van der Waals surface area contributed by atoms with E-state index >= 15 is 0 Å². The molecule has 0 amide bonds. The summed E-state index contributed by atoms with van der Waals surface area (Å²) in [6.07, 6.45) is 4.53. The van der Waals surface area contributed by atoms with Crippen molar-refractivity contribution in [1.29, 1.82) is 0 Å². The number of benzene rings is 1. The maximum Gasteiger partial charge on any atom is 0.244 e. The molecule has 0 spiro atoms. The van der Waals surface area contributed by atoms with Crippen LogP contribution >= 0.6 is 15.9 Å². The van der Waals surface area contributed by atoms with Gasteiger partial charge in [0.25, 0.3) is 0 Å². The van der Waals surface area contributed by atoms with E-state index in [4.69, 9.17) is 0 Å². The Morgan fingerprint density at radius 3 is 2.19 bits per heavy atom. The van der Waals surface area contributed by atoms with Gasteiger partial charge in [-0.2, -0.15) is 4.31 Å². The maximum atomic E-state index is 13.0. The Hall–Kier alpha value is -0.430. The number of hydrogen-bond acceptors (Lipinski definition) is 3. The van der Waals surface area contributed by atoms with Crippen LogP contribution in [0.4, 0.5) is 0 Å². The molecule has 2 saturated carbocycles. The van der Waals surface area contributed by atoms with E-state index in [9.17, 15) is 13.5 Å². The van der Waals surface area contributed by atoms with E-state index in [2.05, 4.69) is 15.9 Å². The minimum atomic E-state index is -3.50. The highest BCUT2D eigenvalue weighted by atomic mass is 79.9. The molecule has 1 aromatic rings. The topological polar surface area (TPSA) is 57.6 Å². The summed E-state index contributed by atoms with van der Waals surface area (Å²) in [6.45, 7) is 1.12. The number of hydrogen-bond donors (Lipinski definition) is 1. The van der Waals surface area contributed by atoms with Crippen LogP contribution in [0.5, 0.6) is 0 Å². The molecule has 1 aromatic carbocycles. The molecule has 1 N–H and O–H groups in total. The molecular formula is C15H20BrNO3S. The first-order chi connectivity index (χ1) is 10.0. The van der Waals surface area contributed by atoms with E-state index in [1.807, 2.05) is 0 Å². The lowest BCUT2D eigenvalue weighted by atomic mass is 10.2. The summed E-state index contributed by atoms with van der Waals surface area (Å²) < 4.78 is 28.1. The van der Waals surface area contributed by atoms with Crippen molar-refractivity contribution in [3.8, 4) is 0 Å². The first-order valence-electron chi connectivity index (χ1n) is 7.40. The number of aliphatic hydroxyl groups is 1. The maximum absolute atomic E-state index is 13.0. The second-order valence-electron chi connectivity index (χ2n) is 6.13. The Labute approximate surface area is 134 Å². The van der Waals surface area contributed by atoms with Crippen molar-refractivity contribution in [3.63, 3.8) is 0 Å². The van der Waals surface area contributed by atoms with Crippen LogP contribution in [0.15, 0.2) is 27.6 Å². The molecule has 0 radical (unpaired) electrons. The summed E-state index contributed by atoms with van der Waals surface area (Å²) in [6, 6.07) is 5.01. The molecule has 3 rings (SSSR count). The summed E-state index contributed by atoms with van der Waals surface area (Å²) in [5.41, 5.74) is 0.620. The molecule has 4 nitrogen and oxygen atoms in total. The fraction of sp³-hybridized carbons (Fsp3) is 0.600. The average Bonchev–Trinajstić information content (AvgIpc) is 3.33. The molecule has 6 heteroatoms. The van der Waals surface area contributed by atoms with Gasteiger partial charge in [0.2, 0.25) is 10.0 Å². The summed E-state index contributed by atoms with van der Waals surface area (Å²) in [7, 11) is -3.50. The molecule has 116 valence electrons. The Morgan fingerprint density at radius 2 is 1.71 bits per heavy atom. The number of halogens is 1. The van der Waals surface area contributed by atoms with Crippen molar-refractivity contribution >= 4 is 26.0 Å². The Morgan fingerprint density at radius 1 is 1.14 bits per heavy atom. The third-order valence-electron chi connectivity index (χ3n) is 4.11. The minimum Gasteiger partial charge on any atom is -0.392 e. The second kappa shape index (κ2) is 5.99. The fourth-order valence-corrected chi connectivity index (χ4v) is 5.00. The Bertz CT molecular complexity index is 610. The minimum absolute atomic E-state index is 0.152. The van der Waals surface area contributed by atoms with E-state index in [0.717, 1.165) is 25.7 Å². The third kappa shape index (κ3) is 3.67. The van der Waals surface area contributed by atoms with Crippen LogP contribution in [-0.4, -0.2) is 30.9 Å². The number of sulfonamides is 1. The van der Waals surface area contributed by atoms with Gasteiger partial charge in [-0.05, 0) is 71.1 Å². The molecule has 2 aliphatic rings. The molecule has 0 bridgehead atoms. The van der Waals surface area contributed by atoms with Crippen LogP contribution in [-0.2, 0) is 16.6 Å². The van der Waals surface area contributed by atoms with Gasteiger partial charge in [0.05, 0.1) is 11.5 Å². The van der Waals surface area contributed by atoms with Crippen molar-refractivity contribution in [2.45, 2.75) is 37.2 Å². The van der Waals surface area contributed by atoms with Crippen molar-refractivity contribution in [3.05, 3.63) is 28.2 Å². The standard InChI is InChI=1S/C15H20BrNO3S/c16-14-6-5-13(10-18)7-15(14)21(19,20)17(8-11-1-2-11)9-12-3-4-12/h5-7,11-12,18H,1-4,8-10H2. The summed E-state index contributed by atoms with van der Waals surface area (Å²) in [5, 5.41) is 9.24. The molecule has 0 aliphatic heterocycles. The van der Waals surface area contributed by atoms with E-state index in [1.165, 1.54) is 0 Å². The quantitative estimate of drug-likeness (QED) is 0.799. The number of rotatable bonds is 7. The van der Waals surface area contributed by atoms with Gasteiger partial charge in [-0.3, -0.25) is 0 Å². The van der Waals surface area contributed by atoms with E-state index < -0.39 is 10.0 Å². The van der Waals surface area contributed by atoms with E-state index in [1.54, 1.807) is 22.5 Å². The SMILES string of the molecule is O=S(=O)(c1cc(CO)ccc1Br)N(CC1CC1)CC1CC1. The second-order valence-corrected chi connectivity index (χ2v) is 8.89. The molecule has 0 atom stereocenters. The number of nitrogens with zero attached hydrogens (tertiary/aromatic N) is 1. The predicted octanol–water partition coefficient (Wildman–Crippen LogP) is 2.75. The van der Waals surface area contributed by atoms with Gasteiger partial charge in [0.1, 0.15) is 0 Å². The lowest BCUT2D eigenvalue weighted by Crippen LogP contribution is -2.35. The van der Waals surface area contributed by atoms with Crippen molar-refractivity contribution < 1.29 is 13.5 Å². The van der Waals surface area contributed by atoms with Crippen molar-refractivity contribution in [1.82, 2.24) is 4.31 Å². The zero-order valence-electron chi connectivity index (χ0n) is 11.8. The zero-order valence-corrected chi connectivity index (χ0v) is 14.2. The molecule has 21 heavy (non-hydrogen) atoms. The Balaban J connectivity index is 1.91. The van der Waals surface area contributed by atoms with Gasteiger partial charge in [0.15, 0.2) is 0 Å².